The Labute approximate surface area is 127 Å². The van der Waals surface area contributed by atoms with Crippen molar-refractivity contribution >= 4 is 44.7 Å². The lowest BCUT2D eigenvalue weighted by Crippen LogP contribution is -2.44. The Bertz CT molecular complexity index is 611. The average Bonchev–Trinajstić information content (AvgIpc) is 2.92. The number of likely N-dealkylation sites (tertiary alicyclic amines) is 1. The zero-order valence-corrected chi connectivity index (χ0v) is 12.7. The first kappa shape index (κ1) is 13.5. The van der Waals surface area contributed by atoms with Crippen LogP contribution in [0.15, 0.2) is 30.3 Å². The van der Waals surface area contributed by atoms with Gasteiger partial charge < -0.3 is 4.90 Å². The van der Waals surface area contributed by atoms with Crippen LogP contribution in [-0.2, 0) is 0 Å². The minimum atomic E-state index is -0.0956. The molecule has 0 spiro atoms. The molecule has 0 atom stereocenters. The number of thiocarbonyl (C=S) groups is 1. The normalized spacial score (nSPS) is 15.3. The molecule has 3 nitrogen and oxygen atoms in total. The van der Waals surface area contributed by atoms with Gasteiger partial charge in [0.1, 0.15) is 0 Å². The summed E-state index contributed by atoms with van der Waals surface area (Å²) in [6, 6.07) is 9.94. The van der Waals surface area contributed by atoms with Gasteiger partial charge in [0.25, 0.3) is 5.91 Å². The molecular weight excluding hydrogens is 288 g/mol. The summed E-state index contributed by atoms with van der Waals surface area (Å²) in [5.41, 5.74) is 0. The van der Waals surface area contributed by atoms with Gasteiger partial charge in [0.05, 0.1) is 4.88 Å². The van der Waals surface area contributed by atoms with Gasteiger partial charge >= 0.3 is 0 Å². The fourth-order valence-electron chi connectivity index (χ4n) is 2.43. The van der Waals surface area contributed by atoms with E-state index < -0.39 is 0 Å². The van der Waals surface area contributed by atoms with Crippen LogP contribution in [0.25, 0.3) is 10.1 Å². The predicted octanol–water partition coefficient (Wildman–Crippen LogP) is 3.40. The van der Waals surface area contributed by atoms with Crippen molar-refractivity contribution in [3.63, 3.8) is 0 Å². The van der Waals surface area contributed by atoms with Gasteiger partial charge in [0, 0.05) is 17.8 Å². The lowest BCUT2D eigenvalue weighted by atomic mass is 10.1. The number of carbonyl (C=O) groups excluding carboxylic acids is 1. The number of piperidine rings is 1. The van der Waals surface area contributed by atoms with Gasteiger partial charge in [-0.25, -0.2) is 0 Å². The van der Waals surface area contributed by atoms with Crippen molar-refractivity contribution in [3.8, 4) is 0 Å². The fraction of sp³-hybridized carbons (Fsp3) is 0.333. The second-order valence-corrected chi connectivity index (χ2v) is 6.43. The Morgan fingerprint density at radius 1 is 1.20 bits per heavy atom. The van der Waals surface area contributed by atoms with Crippen molar-refractivity contribution in [2.75, 3.05) is 13.1 Å². The quantitative estimate of drug-likeness (QED) is 0.820. The van der Waals surface area contributed by atoms with Crippen molar-refractivity contribution in [2.45, 2.75) is 19.3 Å². The third-order valence-corrected chi connectivity index (χ3v) is 4.99. The van der Waals surface area contributed by atoms with Crippen LogP contribution in [0.2, 0.25) is 0 Å². The molecule has 1 amide bonds. The zero-order chi connectivity index (χ0) is 13.9. The lowest BCUT2D eigenvalue weighted by molar-refractivity contribution is 0.0976. The largest absolute Gasteiger partial charge is 0.349 e. The molecule has 1 aromatic carbocycles. The first-order valence-electron chi connectivity index (χ1n) is 6.83. The topological polar surface area (TPSA) is 32.3 Å². The number of fused-ring (bicyclic) bond motifs is 1. The van der Waals surface area contributed by atoms with E-state index in [2.05, 4.69) is 10.2 Å². The molecule has 1 aliphatic rings. The SMILES string of the molecule is O=C(NC(=S)N1CCCCC1)c1cc2ccccc2s1. The number of hydrogen-bond acceptors (Lipinski definition) is 3. The summed E-state index contributed by atoms with van der Waals surface area (Å²) in [5, 5.41) is 4.52. The van der Waals surface area contributed by atoms with Gasteiger partial charge in [-0.3, -0.25) is 10.1 Å². The molecular formula is C15H16N2OS2. The third kappa shape index (κ3) is 2.83. The zero-order valence-electron chi connectivity index (χ0n) is 11.1. The van der Waals surface area contributed by atoms with Gasteiger partial charge in [0.2, 0.25) is 0 Å². The second kappa shape index (κ2) is 5.89. The molecule has 3 rings (SSSR count). The number of thiophene rings is 1. The van der Waals surface area contributed by atoms with Gasteiger partial charge in [-0.1, -0.05) is 18.2 Å². The number of hydrogen-bond donors (Lipinski definition) is 1. The average molecular weight is 304 g/mol. The molecule has 1 fully saturated rings. The van der Waals surface area contributed by atoms with Gasteiger partial charge in [-0.15, -0.1) is 11.3 Å². The van der Waals surface area contributed by atoms with Gasteiger partial charge in [-0.2, -0.15) is 0 Å². The van der Waals surface area contributed by atoms with Crippen LogP contribution < -0.4 is 5.32 Å². The molecule has 1 saturated heterocycles. The van der Waals surface area contributed by atoms with Gasteiger partial charge in [-0.05, 0) is 49.0 Å². The van der Waals surface area contributed by atoms with Crippen molar-refractivity contribution in [2.24, 2.45) is 0 Å². The van der Waals surface area contributed by atoms with Crippen molar-refractivity contribution in [1.29, 1.82) is 0 Å². The summed E-state index contributed by atoms with van der Waals surface area (Å²) in [6.45, 7) is 1.90. The van der Waals surface area contributed by atoms with Crippen LogP contribution in [0.5, 0.6) is 0 Å². The van der Waals surface area contributed by atoms with Crippen molar-refractivity contribution in [3.05, 3.63) is 35.2 Å². The lowest BCUT2D eigenvalue weighted by Gasteiger charge is -2.28. The molecule has 1 aliphatic heterocycles. The fourth-order valence-corrected chi connectivity index (χ4v) is 3.66. The van der Waals surface area contributed by atoms with E-state index in [0.29, 0.717) is 9.99 Å². The van der Waals surface area contributed by atoms with Crippen molar-refractivity contribution < 1.29 is 4.79 Å². The molecule has 2 aromatic rings. The maximum absolute atomic E-state index is 12.3. The van der Waals surface area contributed by atoms with E-state index in [1.807, 2.05) is 30.3 Å². The Morgan fingerprint density at radius 3 is 2.70 bits per heavy atom. The Balaban J connectivity index is 1.70. The Hall–Kier alpha value is -1.46. The number of amides is 1. The summed E-state index contributed by atoms with van der Waals surface area (Å²) in [7, 11) is 0. The van der Waals surface area contributed by atoms with E-state index in [9.17, 15) is 4.79 Å². The van der Waals surface area contributed by atoms with E-state index in [1.54, 1.807) is 0 Å². The summed E-state index contributed by atoms with van der Waals surface area (Å²) < 4.78 is 1.13. The molecule has 1 aromatic heterocycles. The Kier molecular flexibility index (Phi) is 3.98. The van der Waals surface area contributed by atoms with E-state index in [0.717, 1.165) is 36.0 Å². The highest BCUT2D eigenvalue weighted by molar-refractivity contribution is 7.80. The highest BCUT2D eigenvalue weighted by atomic mass is 32.1. The third-order valence-electron chi connectivity index (χ3n) is 3.51. The molecule has 0 saturated carbocycles. The minimum absolute atomic E-state index is 0.0956. The Morgan fingerprint density at radius 2 is 1.95 bits per heavy atom. The standard InChI is InChI=1S/C15H16N2OS2/c18-14(16-15(19)17-8-4-1-5-9-17)13-10-11-6-2-3-7-12(11)20-13/h2-3,6-7,10H,1,4-5,8-9H2,(H,16,18,19). The van der Waals surface area contributed by atoms with Crippen LogP contribution in [0.3, 0.4) is 0 Å². The van der Waals surface area contributed by atoms with Crippen LogP contribution in [0.4, 0.5) is 0 Å². The monoisotopic (exact) mass is 304 g/mol. The molecule has 104 valence electrons. The van der Waals surface area contributed by atoms with E-state index in [4.69, 9.17) is 12.2 Å². The summed E-state index contributed by atoms with van der Waals surface area (Å²) in [4.78, 5) is 15.1. The van der Waals surface area contributed by atoms with Crippen LogP contribution in [0, 0.1) is 0 Å². The predicted molar refractivity (Wildman–Crippen MR) is 87.3 cm³/mol. The number of nitrogens with one attached hydrogen (secondary N) is 1. The number of rotatable bonds is 1. The summed E-state index contributed by atoms with van der Waals surface area (Å²) >= 11 is 6.83. The number of benzene rings is 1. The van der Waals surface area contributed by atoms with E-state index in [1.165, 1.54) is 17.8 Å². The molecule has 0 unspecified atom stereocenters. The molecule has 1 N–H and O–H groups in total. The molecule has 0 bridgehead atoms. The number of nitrogens with zero attached hydrogens (tertiary/aromatic N) is 1. The molecule has 2 heterocycles. The summed E-state index contributed by atoms with van der Waals surface area (Å²) in [5.74, 6) is -0.0956. The molecule has 20 heavy (non-hydrogen) atoms. The van der Waals surface area contributed by atoms with Crippen LogP contribution >= 0.6 is 23.6 Å². The van der Waals surface area contributed by atoms with Gasteiger partial charge in [0.15, 0.2) is 5.11 Å². The summed E-state index contributed by atoms with van der Waals surface area (Å²) in [6.07, 6.45) is 3.56. The van der Waals surface area contributed by atoms with Crippen LogP contribution in [0.1, 0.15) is 28.9 Å². The van der Waals surface area contributed by atoms with E-state index in [-0.39, 0.29) is 5.91 Å². The molecule has 5 heteroatoms. The maximum Gasteiger partial charge on any atom is 0.267 e. The molecule has 0 radical (unpaired) electrons. The van der Waals surface area contributed by atoms with Crippen molar-refractivity contribution in [1.82, 2.24) is 10.2 Å². The van der Waals surface area contributed by atoms with E-state index >= 15 is 0 Å². The highest BCUT2D eigenvalue weighted by Crippen LogP contribution is 2.25. The first-order chi connectivity index (χ1) is 9.74. The smallest absolute Gasteiger partial charge is 0.267 e. The first-order valence-corrected chi connectivity index (χ1v) is 8.05. The van der Waals surface area contributed by atoms with Crippen LogP contribution in [-0.4, -0.2) is 29.0 Å². The second-order valence-electron chi connectivity index (χ2n) is 4.96. The highest BCUT2D eigenvalue weighted by Gasteiger charge is 2.17. The minimum Gasteiger partial charge on any atom is -0.349 e. The maximum atomic E-state index is 12.3. The number of carbonyl (C=O) groups is 1. The molecule has 0 aliphatic carbocycles.